The molecular formula is C13H13FN2O. The topological polar surface area (TPSA) is 41.5 Å². The summed E-state index contributed by atoms with van der Waals surface area (Å²) >= 11 is 0. The monoisotopic (exact) mass is 232 g/mol. The second-order valence-corrected chi connectivity index (χ2v) is 4.07. The van der Waals surface area contributed by atoms with Crippen molar-refractivity contribution in [3.8, 4) is 0 Å². The van der Waals surface area contributed by atoms with Crippen molar-refractivity contribution in [1.82, 2.24) is 5.43 Å². The van der Waals surface area contributed by atoms with E-state index in [1.54, 1.807) is 18.2 Å². The summed E-state index contributed by atoms with van der Waals surface area (Å²) in [6.45, 7) is 1.94. The zero-order valence-corrected chi connectivity index (χ0v) is 9.48. The van der Waals surface area contributed by atoms with E-state index >= 15 is 0 Å². The average Bonchev–Trinajstić information content (AvgIpc) is 2.28. The van der Waals surface area contributed by atoms with E-state index in [2.05, 4.69) is 10.5 Å². The first-order valence-electron chi connectivity index (χ1n) is 5.45. The standard InChI is InChI=1S/C13H13FN2O/c1-9-7-13(17)16-15-12(9)6-5-10-3-2-4-11(14)8-10/h2-6,8-9H,7H2,1H3,(H,16,17). The zero-order valence-electron chi connectivity index (χ0n) is 9.48. The van der Waals surface area contributed by atoms with Crippen LogP contribution in [-0.2, 0) is 4.79 Å². The number of amides is 1. The van der Waals surface area contributed by atoms with Crippen molar-refractivity contribution in [2.45, 2.75) is 13.3 Å². The number of halogens is 1. The maximum absolute atomic E-state index is 12.9. The minimum Gasteiger partial charge on any atom is -0.273 e. The van der Waals surface area contributed by atoms with Crippen molar-refractivity contribution in [3.05, 3.63) is 41.7 Å². The molecule has 88 valence electrons. The van der Waals surface area contributed by atoms with E-state index in [9.17, 15) is 9.18 Å². The Kier molecular flexibility index (Phi) is 3.32. The Morgan fingerprint density at radius 2 is 2.29 bits per heavy atom. The Bertz CT molecular complexity index is 494. The van der Waals surface area contributed by atoms with Gasteiger partial charge in [-0.2, -0.15) is 5.10 Å². The van der Waals surface area contributed by atoms with E-state index in [0.717, 1.165) is 11.3 Å². The lowest BCUT2D eigenvalue weighted by Crippen LogP contribution is -2.30. The first-order valence-corrected chi connectivity index (χ1v) is 5.45. The van der Waals surface area contributed by atoms with Crippen molar-refractivity contribution in [2.75, 3.05) is 0 Å². The molecule has 0 spiro atoms. The lowest BCUT2D eigenvalue weighted by Gasteiger charge is -2.15. The molecule has 0 saturated heterocycles. The fourth-order valence-corrected chi connectivity index (χ4v) is 1.66. The molecule has 1 aromatic carbocycles. The lowest BCUT2D eigenvalue weighted by atomic mass is 9.99. The Balaban J connectivity index is 2.13. The van der Waals surface area contributed by atoms with Crippen LogP contribution in [0, 0.1) is 11.7 Å². The number of nitrogens with one attached hydrogen (secondary N) is 1. The molecular weight excluding hydrogens is 219 g/mol. The van der Waals surface area contributed by atoms with Crippen molar-refractivity contribution in [2.24, 2.45) is 11.0 Å². The number of hydrogen-bond acceptors (Lipinski definition) is 2. The van der Waals surface area contributed by atoms with Crippen molar-refractivity contribution in [3.63, 3.8) is 0 Å². The fourth-order valence-electron chi connectivity index (χ4n) is 1.66. The minimum absolute atomic E-state index is 0.0691. The van der Waals surface area contributed by atoms with Gasteiger partial charge in [-0.25, -0.2) is 9.82 Å². The van der Waals surface area contributed by atoms with Crippen LogP contribution in [0.5, 0.6) is 0 Å². The highest BCUT2D eigenvalue weighted by molar-refractivity contribution is 6.03. The first-order chi connectivity index (χ1) is 8.15. The third-order valence-corrected chi connectivity index (χ3v) is 2.60. The highest BCUT2D eigenvalue weighted by Crippen LogP contribution is 2.12. The third-order valence-electron chi connectivity index (χ3n) is 2.60. The van der Waals surface area contributed by atoms with Crippen LogP contribution in [0.1, 0.15) is 18.9 Å². The average molecular weight is 232 g/mol. The van der Waals surface area contributed by atoms with Gasteiger partial charge in [-0.3, -0.25) is 4.79 Å². The summed E-state index contributed by atoms with van der Waals surface area (Å²) in [7, 11) is 0. The first kappa shape index (κ1) is 11.5. The highest BCUT2D eigenvalue weighted by atomic mass is 19.1. The van der Waals surface area contributed by atoms with Gasteiger partial charge < -0.3 is 0 Å². The Morgan fingerprint density at radius 3 is 3.00 bits per heavy atom. The predicted molar refractivity (Wildman–Crippen MR) is 64.8 cm³/mol. The van der Waals surface area contributed by atoms with E-state index in [0.29, 0.717) is 6.42 Å². The summed E-state index contributed by atoms with van der Waals surface area (Å²) in [4.78, 5) is 11.0. The summed E-state index contributed by atoms with van der Waals surface area (Å²) in [5.74, 6) is -0.243. The van der Waals surface area contributed by atoms with Crippen molar-refractivity contribution < 1.29 is 9.18 Å². The zero-order chi connectivity index (χ0) is 12.3. The van der Waals surface area contributed by atoms with Gasteiger partial charge in [-0.05, 0) is 23.8 Å². The Morgan fingerprint density at radius 1 is 1.47 bits per heavy atom. The Labute approximate surface area is 99.0 Å². The van der Waals surface area contributed by atoms with Gasteiger partial charge in [-0.1, -0.05) is 25.1 Å². The molecule has 1 unspecified atom stereocenters. The fraction of sp³-hybridized carbons (Fsp3) is 0.231. The summed E-state index contributed by atoms with van der Waals surface area (Å²) in [5.41, 5.74) is 4.01. The van der Waals surface area contributed by atoms with Crippen LogP contribution < -0.4 is 5.43 Å². The summed E-state index contributed by atoms with van der Waals surface area (Å²) in [5, 5.41) is 3.97. The van der Waals surface area contributed by atoms with Crippen LogP contribution in [0.15, 0.2) is 35.4 Å². The van der Waals surface area contributed by atoms with E-state index in [1.165, 1.54) is 12.1 Å². The number of rotatable bonds is 2. The number of nitrogens with zero attached hydrogens (tertiary/aromatic N) is 1. The molecule has 4 heteroatoms. The molecule has 1 amide bonds. The minimum atomic E-state index is -0.265. The second-order valence-electron chi connectivity index (χ2n) is 4.07. The number of hydrogen-bond donors (Lipinski definition) is 1. The summed E-state index contributed by atoms with van der Waals surface area (Å²) in [6.07, 6.45) is 4.03. The third kappa shape index (κ3) is 3.00. The molecule has 0 saturated carbocycles. The summed E-state index contributed by atoms with van der Waals surface area (Å²) < 4.78 is 12.9. The molecule has 1 N–H and O–H groups in total. The van der Waals surface area contributed by atoms with Gasteiger partial charge in [0.2, 0.25) is 5.91 Å². The molecule has 0 fully saturated rings. The number of benzene rings is 1. The van der Waals surface area contributed by atoms with E-state index in [4.69, 9.17) is 0 Å². The predicted octanol–water partition coefficient (Wildman–Crippen LogP) is 2.35. The smallest absolute Gasteiger partial charge is 0.240 e. The molecule has 3 nitrogen and oxygen atoms in total. The largest absolute Gasteiger partial charge is 0.273 e. The maximum atomic E-state index is 12.9. The Hall–Kier alpha value is -1.97. The molecule has 1 aromatic rings. The number of carbonyl (C=O) groups is 1. The SMILES string of the molecule is CC1CC(=O)NN=C1C=Cc1cccc(F)c1. The van der Waals surface area contributed by atoms with Crippen LogP contribution in [-0.4, -0.2) is 11.6 Å². The van der Waals surface area contributed by atoms with Crippen LogP contribution in [0.4, 0.5) is 4.39 Å². The van der Waals surface area contributed by atoms with Gasteiger partial charge in [0.1, 0.15) is 5.82 Å². The molecule has 17 heavy (non-hydrogen) atoms. The van der Waals surface area contributed by atoms with Gasteiger partial charge in [0.05, 0.1) is 5.71 Å². The molecule has 1 aliphatic heterocycles. The number of allylic oxidation sites excluding steroid dienone is 1. The lowest BCUT2D eigenvalue weighted by molar-refractivity contribution is -0.121. The van der Waals surface area contributed by atoms with Crippen LogP contribution >= 0.6 is 0 Å². The second kappa shape index (κ2) is 4.91. The molecule has 0 bridgehead atoms. The molecule has 0 aromatic heterocycles. The number of hydrazone groups is 1. The van der Waals surface area contributed by atoms with Gasteiger partial charge >= 0.3 is 0 Å². The summed E-state index contributed by atoms with van der Waals surface area (Å²) in [6, 6.07) is 6.32. The van der Waals surface area contributed by atoms with Crippen LogP contribution in [0.2, 0.25) is 0 Å². The molecule has 2 rings (SSSR count). The number of carbonyl (C=O) groups excluding carboxylic acids is 1. The van der Waals surface area contributed by atoms with Crippen LogP contribution in [0.25, 0.3) is 6.08 Å². The van der Waals surface area contributed by atoms with E-state index < -0.39 is 0 Å². The van der Waals surface area contributed by atoms with Gasteiger partial charge in [0.15, 0.2) is 0 Å². The molecule has 1 atom stereocenters. The van der Waals surface area contributed by atoms with E-state index in [1.807, 2.05) is 13.0 Å². The molecule has 1 aliphatic rings. The quantitative estimate of drug-likeness (QED) is 0.835. The molecule has 1 heterocycles. The molecule has 0 aliphatic carbocycles. The normalized spacial score (nSPS) is 20.2. The van der Waals surface area contributed by atoms with Gasteiger partial charge in [0.25, 0.3) is 0 Å². The van der Waals surface area contributed by atoms with Gasteiger partial charge in [0, 0.05) is 12.3 Å². The van der Waals surface area contributed by atoms with Gasteiger partial charge in [-0.15, -0.1) is 0 Å². The van der Waals surface area contributed by atoms with Crippen molar-refractivity contribution >= 4 is 17.7 Å². The molecule has 0 radical (unpaired) electrons. The van der Waals surface area contributed by atoms with E-state index in [-0.39, 0.29) is 17.6 Å². The maximum Gasteiger partial charge on any atom is 0.240 e. The highest BCUT2D eigenvalue weighted by Gasteiger charge is 2.17. The van der Waals surface area contributed by atoms with Crippen LogP contribution in [0.3, 0.4) is 0 Å². The van der Waals surface area contributed by atoms with Crippen molar-refractivity contribution in [1.29, 1.82) is 0 Å².